The topological polar surface area (TPSA) is 9.23 Å². The Balaban J connectivity index is 2.56. The molecule has 0 spiro atoms. The molecule has 5 heteroatoms. The van der Waals surface area contributed by atoms with Gasteiger partial charge in [-0.25, -0.2) is 0 Å². The van der Waals surface area contributed by atoms with E-state index in [0.29, 0.717) is 28.5 Å². The SMILES string of the molecule is COCC(CCl)CCC(Cl)c1ccc(Cl)cc1Cl. The lowest BCUT2D eigenvalue weighted by Gasteiger charge is -2.16. The Hall–Kier alpha value is 0.340. The molecule has 0 radical (unpaired) electrons. The second-order valence-electron chi connectivity index (χ2n) is 4.19. The lowest BCUT2D eigenvalue weighted by molar-refractivity contribution is 0.156. The molecule has 1 rings (SSSR count). The maximum absolute atomic E-state index is 6.35. The average Bonchev–Trinajstić information content (AvgIpc) is 2.34. The molecule has 2 unspecified atom stereocenters. The molecule has 0 aliphatic rings. The highest BCUT2D eigenvalue weighted by atomic mass is 35.5. The van der Waals surface area contributed by atoms with Gasteiger partial charge in [0, 0.05) is 23.0 Å². The van der Waals surface area contributed by atoms with Crippen LogP contribution in [0.25, 0.3) is 0 Å². The van der Waals surface area contributed by atoms with E-state index in [-0.39, 0.29) is 5.38 Å². The van der Waals surface area contributed by atoms with Gasteiger partial charge in [0.05, 0.1) is 12.0 Å². The maximum Gasteiger partial charge on any atom is 0.0600 e. The van der Waals surface area contributed by atoms with Crippen LogP contribution in [-0.2, 0) is 4.74 Å². The van der Waals surface area contributed by atoms with E-state index in [1.54, 1.807) is 19.2 Å². The average molecular weight is 330 g/mol. The Kier molecular flexibility index (Phi) is 7.74. The fraction of sp³-hybridized carbons (Fsp3) is 0.538. The Bertz CT molecular complexity index is 370. The minimum absolute atomic E-state index is 0.127. The van der Waals surface area contributed by atoms with E-state index in [9.17, 15) is 0 Å². The van der Waals surface area contributed by atoms with Gasteiger partial charge >= 0.3 is 0 Å². The molecular formula is C13H16Cl4O. The number of rotatable bonds is 7. The molecule has 1 nitrogen and oxygen atoms in total. The summed E-state index contributed by atoms with van der Waals surface area (Å²) in [5.41, 5.74) is 0.911. The number of alkyl halides is 2. The highest BCUT2D eigenvalue weighted by molar-refractivity contribution is 6.35. The molecule has 1 aromatic rings. The largest absolute Gasteiger partial charge is 0.384 e. The van der Waals surface area contributed by atoms with Crippen LogP contribution in [0.2, 0.25) is 10.0 Å². The Morgan fingerprint density at radius 3 is 2.50 bits per heavy atom. The molecule has 0 saturated carbocycles. The third kappa shape index (κ3) is 5.14. The predicted octanol–water partition coefficient (Wildman–Crippen LogP) is 5.55. The zero-order valence-electron chi connectivity index (χ0n) is 10.1. The summed E-state index contributed by atoms with van der Waals surface area (Å²) < 4.78 is 5.10. The monoisotopic (exact) mass is 328 g/mol. The van der Waals surface area contributed by atoms with Crippen LogP contribution in [0, 0.1) is 5.92 Å². The van der Waals surface area contributed by atoms with Gasteiger partial charge in [0.2, 0.25) is 0 Å². The molecule has 0 bridgehead atoms. The van der Waals surface area contributed by atoms with Crippen molar-refractivity contribution in [2.24, 2.45) is 5.92 Å². The van der Waals surface area contributed by atoms with Crippen molar-refractivity contribution in [1.82, 2.24) is 0 Å². The number of methoxy groups -OCH3 is 1. The molecule has 18 heavy (non-hydrogen) atoms. The van der Waals surface area contributed by atoms with Crippen LogP contribution in [0.4, 0.5) is 0 Å². The van der Waals surface area contributed by atoms with Crippen LogP contribution in [0.5, 0.6) is 0 Å². The van der Waals surface area contributed by atoms with E-state index < -0.39 is 0 Å². The summed E-state index contributed by atoms with van der Waals surface area (Å²) in [4.78, 5) is 0. The number of halogens is 4. The van der Waals surface area contributed by atoms with Crippen molar-refractivity contribution < 1.29 is 4.74 Å². The van der Waals surface area contributed by atoms with Crippen LogP contribution in [0.15, 0.2) is 18.2 Å². The summed E-state index contributed by atoms with van der Waals surface area (Å²) in [5.74, 6) is 0.898. The molecule has 0 aromatic heterocycles. The van der Waals surface area contributed by atoms with Crippen molar-refractivity contribution in [2.45, 2.75) is 18.2 Å². The third-order valence-electron chi connectivity index (χ3n) is 2.75. The first-order valence-electron chi connectivity index (χ1n) is 5.72. The van der Waals surface area contributed by atoms with E-state index >= 15 is 0 Å². The fourth-order valence-corrected chi connectivity index (χ4v) is 2.89. The van der Waals surface area contributed by atoms with E-state index in [1.165, 1.54) is 0 Å². The summed E-state index contributed by atoms with van der Waals surface area (Å²) in [5, 5.41) is 1.10. The molecule has 0 aliphatic carbocycles. The van der Waals surface area contributed by atoms with Gasteiger partial charge in [-0.3, -0.25) is 0 Å². The highest BCUT2D eigenvalue weighted by Gasteiger charge is 2.15. The first kappa shape index (κ1) is 16.4. The molecule has 0 aliphatic heterocycles. The Labute approximate surface area is 128 Å². The Morgan fingerprint density at radius 2 is 1.94 bits per heavy atom. The van der Waals surface area contributed by atoms with Crippen LogP contribution in [-0.4, -0.2) is 19.6 Å². The maximum atomic E-state index is 6.35. The Morgan fingerprint density at radius 1 is 1.22 bits per heavy atom. The zero-order valence-corrected chi connectivity index (χ0v) is 13.2. The number of hydrogen-bond donors (Lipinski definition) is 0. The smallest absolute Gasteiger partial charge is 0.0600 e. The molecule has 102 valence electrons. The normalized spacial score (nSPS) is 14.5. The van der Waals surface area contributed by atoms with E-state index in [2.05, 4.69) is 0 Å². The van der Waals surface area contributed by atoms with Gasteiger partial charge in [-0.2, -0.15) is 0 Å². The van der Waals surface area contributed by atoms with Gasteiger partial charge in [-0.15, -0.1) is 23.2 Å². The molecule has 0 heterocycles. The summed E-state index contributed by atoms with van der Waals surface area (Å²) in [6.07, 6.45) is 1.72. The van der Waals surface area contributed by atoms with Crippen molar-refractivity contribution in [3.63, 3.8) is 0 Å². The lowest BCUT2D eigenvalue weighted by Crippen LogP contribution is -2.10. The van der Waals surface area contributed by atoms with Gasteiger partial charge in [0.25, 0.3) is 0 Å². The van der Waals surface area contributed by atoms with Crippen molar-refractivity contribution in [1.29, 1.82) is 0 Å². The minimum atomic E-state index is -0.127. The fourth-order valence-electron chi connectivity index (χ4n) is 1.73. The quantitative estimate of drug-likeness (QED) is 0.595. The van der Waals surface area contributed by atoms with Gasteiger partial charge in [-0.05, 0) is 36.5 Å². The van der Waals surface area contributed by atoms with E-state index in [1.807, 2.05) is 6.07 Å². The number of hydrogen-bond acceptors (Lipinski definition) is 1. The first-order valence-corrected chi connectivity index (χ1v) is 7.45. The summed E-state index contributed by atoms with van der Waals surface area (Å²) in [6.45, 7) is 0.654. The molecule has 0 amide bonds. The summed E-state index contributed by atoms with van der Waals surface area (Å²) >= 11 is 24.2. The molecular weight excluding hydrogens is 314 g/mol. The first-order chi connectivity index (χ1) is 8.58. The summed E-state index contributed by atoms with van der Waals surface area (Å²) in [6, 6.07) is 5.38. The van der Waals surface area contributed by atoms with Gasteiger partial charge in [0.15, 0.2) is 0 Å². The van der Waals surface area contributed by atoms with Gasteiger partial charge in [0.1, 0.15) is 0 Å². The lowest BCUT2D eigenvalue weighted by atomic mass is 10.0. The van der Waals surface area contributed by atoms with Gasteiger partial charge in [-0.1, -0.05) is 29.3 Å². The van der Waals surface area contributed by atoms with Crippen molar-refractivity contribution in [2.75, 3.05) is 19.6 Å². The number of ether oxygens (including phenoxy) is 1. The standard InChI is InChI=1S/C13H16Cl4O/c1-18-8-9(7-14)2-5-12(16)11-4-3-10(15)6-13(11)17/h3-4,6,9,12H,2,5,7-8H2,1H3. The molecule has 1 aromatic carbocycles. The molecule has 0 saturated heterocycles. The second kappa shape index (κ2) is 8.50. The zero-order chi connectivity index (χ0) is 13.5. The van der Waals surface area contributed by atoms with Crippen LogP contribution < -0.4 is 0 Å². The predicted molar refractivity (Wildman–Crippen MR) is 80.4 cm³/mol. The highest BCUT2D eigenvalue weighted by Crippen LogP contribution is 2.34. The van der Waals surface area contributed by atoms with Crippen molar-refractivity contribution in [3.8, 4) is 0 Å². The summed E-state index contributed by atoms with van der Waals surface area (Å²) in [7, 11) is 1.67. The second-order valence-corrected chi connectivity index (χ2v) is 5.87. The number of benzene rings is 1. The van der Waals surface area contributed by atoms with Gasteiger partial charge < -0.3 is 4.74 Å². The van der Waals surface area contributed by atoms with E-state index in [4.69, 9.17) is 51.1 Å². The molecule has 2 atom stereocenters. The third-order valence-corrected chi connectivity index (χ3v) is 4.20. The van der Waals surface area contributed by atoms with Crippen LogP contribution in [0.1, 0.15) is 23.8 Å². The molecule has 0 fully saturated rings. The van der Waals surface area contributed by atoms with Crippen molar-refractivity contribution >= 4 is 46.4 Å². The van der Waals surface area contributed by atoms with Crippen LogP contribution >= 0.6 is 46.4 Å². The minimum Gasteiger partial charge on any atom is -0.384 e. The van der Waals surface area contributed by atoms with E-state index in [0.717, 1.165) is 18.4 Å². The van der Waals surface area contributed by atoms with Crippen molar-refractivity contribution in [3.05, 3.63) is 33.8 Å². The van der Waals surface area contributed by atoms with Crippen LogP contribution in [0.3, 0.4) is 0 Å². The molecule has 0 N–H and O–H groups in total.